The summed E-state index contributed by atoms with van der Waals surface area (Å²) < 4.78 is 22.3. The number of ether oxygens (including phenoxy) is 4. The topological polar surface area (TPSA) is 97.8 Å². The van der Waals surface area contributed by atoms with E-state index in [1.54, 1.807) is 37.4 Å². The standard InChI is InChI=1S/C33H36N2O7/c1-22-19-25(42-21-23-7-5-4-6-8-23)10-11-26(22)31(36)29-30(24-9-12-27(39-2)28(20-24)40-3)35(33(38)32(29)37)14-13-34-15-17-41-18-16-34/h4-12,19-20,30,36H,13-18,21H2,1-3H3/b31-29+. The van der Waals surface area contributed by atoms with Gasteiger partial charge in [-0.25, -0.2) is 0 Å². The lowest BCUT2D eigenvalue weighted by Gasteiger charge is -2.31. The van der Waals surface area contributed by atoms with Crippen molar-refractivity contribution in [2.75, 3.05) is 53.6 Å². The Morgan fingerprint density at radius 1 is 0.929 bits per heavy atom. The van der Waals surface area contributed by atoms with Crippen molar-refractivity contribution in [2.45, 2.75) is 19.6 Å². The Hall–Kier alpha value is -4.34. The van der Waals surface area contributed by atoms with Gasteiger partial charge in [-0.15, -0.1) is 0 Å². The van der Waals surface area contributed by atoms with E-state index >= 15 is 0 Å². The number of morpholine rings is 1. The molecule has 2 aliphatic heterocycles. The number of aryl methyl sites for hydroxylation is 1. The van der Waals surface area contributed by atoms with Crippen LogP contribution in [0.3, 0.4) is 0 Å². The van der Waals surface area contributed by atoms with Crippen LogP contribution in [-0.4, -0.2) is 80.2 Å². The van der Waals surface area contributed by atoms with E-state index < -0.39 is 17.7 Å². The minimum absolute atomic E-state index is 0.0373. The highest BCUT2D eigenvalue weighted by molar-refractivity contribution is 6.46. The van der Waals surface area contributed by atoms with Gasteiger partial charge in [-0.2, -0.15) is 0 Å². The molecule has 1 unspecified atom stereocenters. The first-order valence-electron chi connectivity index (χ1n) is 14.0. The number of hydrogen-bond donors (Lipinski definition) is 1. The van der Waals surface area contributed by atoms with Crippen molar-refractivity contribution in [1.82, 2.24) is 9.80 Å². The van der Waals surface area contributed by atoms with Crippen LogP contribution in [0, 0.1) is 6.92 Å². The first-order chi connectivity index (χ1) is 20.4. The molecular weight excluding hydrogens is 536 g/mol. The molecule has 9 heteroatoms. The van der Waals surface area contributed by atoms with Gasteiger partial charge in [0.1, 0.15) is 18.1 Å². The van der Waals surface area contributed by atoms with Gasteiger partial charge in [-0.1, -0.05) is 36.4 Å². The molecule has 1 amide bonds. The second-order valence-corrected chi connectivity index (χ2v) is 10.3. The zero-order valence-electron chi connectivity index (χ0n) is 24.2. The number of carbonyl (C=O) groups is 2. The van der Waals surface area contributed by atoms with Crippen LogP contribution >= 0.6 is 0 Å². The fourth-order valence-corrected chi connectivity index (χ4v) is 5.43. The van der Waals surface area contributed by atoms with Crippen LogP contribution in [0.2, 0.25) is 0 Å². The lowest BCUT2D eigenvalue weighted by Crippen LogP contribution is -2.42. The minimum atomic E-state index is -0.806. The van der Waals surface area contributed by atoms with Crippen molar-refractivity contribution >= 4 is 17.4 Å². The predicted octanol–water partition coefficient (Wildman–Crippen LogP) is 4.35. The number of Topliss-reactive ketones (excluding diaryl/α,β-unsaturated/α-hetero) is 1. The molecule has 0 spiro atoms. The molecule has 0 bridgehead atoms. The summed E-state index contributed by atoms with van der Waals surface area (Å²) >= 11 is 0. The highest BCUT2D eigenvalue weighted by atomic mass is 16.5. The lowest BCUT2D eigenvalue weighted by atomic mass is 9.93. The summed E-state index contributed by atoms with van der Waals surface area (Å²) in [4.78, 5) is 30.8. The van der Waals surface area contributed by atoms with Crippen molar-refractivity contribution < 1.29 is 33.6 Å². The van der Waals surface area contributed by atoms with Crippen LogP contribution in [0.4, 0.5) is 0 Å². The summed E-state index contributed by atoms with van der Waals surface area (Å²) in [5.41, 5.74) is 2.88. The third kappa shape index (κ3) is 6.12. The molecule has 42 heavy (non-hydrogen) atoms. The maximum atomic E-state index is 13.6. The van der Waals surface area contributed by atoms with E-state index in [1.807, 2.05) is 43.3 Å². The number of methoxy groups -OCH3 is 2. The number of carbonyl (C=O) groups excluding carboxylic acids is 2. The molecule has 2 heterocycles. The monoisotopic (exact) mass is 572 g/mol. The van der Waals surface area contributed by atoms with Crippen molar-refractivity contribution in [3.63, 3.8) is 0 Å². The molecule has 3 aromatic carbocycles. The number of likely N-dealkylation sites (tertiary alicyclic amines) is 1. The summed E-state index contributed by atoms with van der Waals surface area (Å²) in [6.45, 7) is 5.89. The SMILES string of the molecule is COc1ccc(C2/C(=C(\O)c3ccc(OCc4ccccc4)cc3C)C(=O)C(=O)N2CCN2CCOCC2)cc1OC. The number of amides is 1. The lowest BCUT2D eigenvalue weighted by molar-refractivity contribution is -0.140. The van der Waals surface area contributed by atoms with E-state index in [9.17, 15) is 14.7 Å². The average Bonchev–Trinajstić information content (AvgIpc) is 3.28. The molecule has 3 aromatic rings. The first-order valence-corrected chi connectivity index (χ1v) is 14.0. The Kier molecular flexibility index (Phi) is 9.09. The van der Waals surface area contributed by atoms with Gasteiger partial charge >= 0.3 is 0 Å². The summed E-state index contributed by atoms with van der Waals surface area (Å²) in [6, 6.07) is 19.6. The predicted molar refractivity (Wildman–Crippen MR) is 158 cm³/mol. The van der Waals surface area contributed by atoms with E-state index in [4.69, 9.17) is 18.9 Å². The van der Waals surface area contributed by atoms with Crippen molar-refractivity contribution in [1.29, 1.82) is 0 Å². The molecule has 5 rings (SSSR count). The summed E-state index contributed by atoms with van der Waals surface area (Å²) in [6.07, 6.45) is 0. The third-order valence-electron chi connectivity index (χ3n) is 7.73. The Bertz CT molecular complexity index is 1460. The molecular formula is C33H36N2O7. The Balaban J connectivity index is 1.50. The van der Waals surface area contributed by atoms with E-state index in [2.05, 4.69) is 4.90 Å². The van der Waals surface area contributed by atoms with Gasteiger partial charge < -0.3 is 29.0 Å². The van der Waals surface area contributed by atoms with Crippen LogP contribution in [0.5, 0.6) is 17.2 Å². The molecule has 0 aliphatic carbocycles. The van der Waals surface area contributed by atoms with Crippen LogP contribution in [0.1, 0.15) is 28.3 Å². The maximum absolute atomic E-state index is 13.6. The van der Waals surface area contributed by atoms with Crippen LogP contribution in [0.25, 0.3) is 5.76 Å². The number of hydrogen-bond acceptors (Lipinski definition) is 8. The van der Waals surface area contributed by atoms with Crippen LogP contribution in [-0.2, 0) is 20.9 Å². The molecule has 0 radical (unpaired) electrons. The van der Waals surface area contributed by atoms with E-state index in [0.29, 0.717) is 66.8 Å². The fourth-order valence-electron chi connectivity index (χ4n) is 5.43. The van der Waals surface area contributed by atoms with Gasteiger partial charge in [-0.3, -0.25) is 14.5 Å². The Morgan fingerprint density at radius 2 is 1.67 bits per heavy atom. The van der Waals surface area contributed by atoms with Gasteiger partial charge in [0, 0.05) is 31.7 Å². The zero-order chi connectivity index (χ0) is 29.6. The van der Waals surface area contributed by atoms with Crippen LogP contribution < -0.4 is 14.2 Å². The molecule has 9 nitrogen and oxygen atoms in total. The molecule has 2 fully saturated rings. The number of aliphatic hydroxyl groups is 1. The molecule has 2 aliphatic rings. The first kappa shape index (κ1) is 29.2. The third-order valence-corrected chi connectivity index (χ3v) is 7.73. The fraction of sp³-hybridized carbons (Fsp3) is 0.333. The van der Waals surface area contributed by atoms with Crippen molar-refractivity contribution in [2.24, 2.45) is 0 Å². The smallest absolute Gasteiger partial charge is 0.295 e. The van der Waals surface area contributed by atoms with Crippen molar-refractivity contribution in [3.8, 4) is 17.2 Å². The minimum Gasteiger partial charge on any atom is -0.507 e. The Labute approximate surface area is 245 Å². The number of ketones is 1. The normalized spacial score (nSPS) is 18.7. The number of nitrogens with zero attached hydrogens (tertiary/aromatic N) is 2. The highest BCUT2D eigenvalue weighted by Crippen LogP contribution is 2.42. The quantitative estimate of drug-likeness (QED) is 0.218. The van der Waals surface area contributed by atoms with Gasteiger partial charge in [0.05, 0.1) is 39.0 Å². The average molecular weight is 573 g/mol. The van der Waals surface area contributed by atoms with E-state index in [1.165, 1.54) is 12.0 Å². The van der Waals surface area contributed by atoms with Gasteiger partial charge in [-0.05, 0) is 53.9 Å². The Morgan fingerprint density at radius 3 is 2.36 bits per heavy atom. The number of rotatable bonds is 10. The summed E-state index contributed by atoms with van der Waals surface area (Å²) in [5.74, 6) is 0.0193. The summed E-state index contributed by atoms with van der Waals surface area (Å²) in [7, 11) is 3.07. The second kappa shape index (κ2) is 13.1. The molecule has 2 saturated heterocycles. The largest absolute Gasteiger partial charge is 0.507 e. The molecule has 0 aromatic heterocycles. The van der Waals surface area contributed by atoms with Gasteiger partial charge in [0.2, 0.25) is 0 Å². The van der Waals surface area contributed by atoms with E-state index in [0.717, 1.165) is 18.7 Å². The molecule has 0 saturated carbocycles. The van der Waals surface area contributed by atoms with Crippen LogP contribution in [0.15, 0.2) is 72.3 Å². The maximum Gasteiger partial charge on any atom is 0.295 e. The zero-order valence-corrected chi connectivity index (χ0v) is 24.2. The van der Waals surface area contributed by atoms with Crippen molar-refractivity contribution in [3.05, 3.63) is 94.6 Å². The highest BCUT2D eigenvalue weighted by Gasteiger charge is 2.46. The molecule has 1 atom stereocenters. The number of aliphatic hydroxyl groups excluding tert-OH is 1. The van der Waals surface area contributed by atoms with Gasteiger partial charge in [0.25, 0.3) is 11.7 Å². The van der Waals surface area contributed by atoms with E-state index in [-0.39, 0.29) is 11.3 Å². The van der Waals surface area contributed by atoms with Gasteiger partial charge in [0.15, 0.2) is 11.5 Å². The second-order valence-electron chi connectivity index (χ2n) is 10.3. The molecule has 1 N–H and O–H groups in total. The summed E-state index contributed by atoms with van der Waals surface area (Å²) in [5, 5.41) is 11.6. The number of benzene rings is 3. The molecule has 220 valence electrons.